The van der Waals surface area contributed by atoms with Gasteiger partial charge < -0.3 is 10.6 Å². The predicted molar refractivity (Wildman–Crippen MR) is 92.3 cm³/mol. The van der Waals surface area contributed by atoms with Crippen LogP contribution in [0.2, 0.25) is 0 Å². The normalized spacial score (nSPS) is 32.0. The van der Waals surface area contributed by atoms with Crippen molar-refractivity contribution in [2.75, 3.05) is 0 Å². The summed E-state index contributed by atoms with van der Waals surface area (Å²) in [7, 11) is 0. The minimum Gasteiger partial charge on any atom is -0.353 e. The molecule has 3 saturated carbocycles. The van der Waals surface area contributed by atoms with Crippen molar-refractivity contribution in [3.63, 3.8) is 0 Å². The molecule has 4 nitrogen and oxygen atoms in total. The van der Waals surface area contributed by atoms with Crippen LogP contribution in [0, 0.1) is 11.8 Å². The molecule has 0 spiro atoms. The first kappa shape index (κ1) is 15.7. The monoisotopic (exact) mass is 326 g/mol. The SMILES string of the molecule is O=C(NC1CC1)[C@@H]1CCC[C@H](NC(=O)[C@@H]2C[C@@H]2c2ccccc2)C1. The topological polar surface area (TPSA) is 58.2 Å². The molecule has 3 aliphatic carbocycles. The van der Waals surface area contributed by atoms with Crippen LogP contribution in [0.3, 0.4) is 0 Å². The minimum absolute atomic E-state index is 0.0776. The van der Waals surface area contributed by atoms with Crippen molar-refractivity contribution in [1.29, 1.82) is 0 Å². The minimum atomic E-state index is 0.0776. The molecule has 128 valence electrons. The summed E-state index contributed by atoms with van der Waals surface area (Å²) in [5.74, 6) is 0.952. The first-order chi connectivity index (χ1) is 11.7. The second-order valence-electron chi connectivity index (χ2n) is 7.71. The van der Waals surface area contributed by atoms with Crippen LogP contribution >= 0.6 is 0 Å². The van der Waals surface area contributed by atoms with E-state index in [-0.39, 0.29) is 29.7 Å². The highest BCUT2D eigenvalue weighted by molar-refractivity contribution is 5.83. The number of rotatable bonds is 5. The summed E-state index contributed by atoms with van der Waals surface area (Å²) in [6.07, 6.45) is 6.99. The molecule has 0 radical (unpaired) electrons. The molecular weight excluding hydrogens is 300 g/mol. The van der Waals surface area contributed by atoms with E-state index in [0.717, 1.165) is 44.9 Å². The Labute approximate surface area is 143 Å². The molecule has 0 unspecified atom stereocenters. The maximum Gasteiger partial charge on any atom is 0.223 e. The van der Waals surface area contributed by atoms with E-state index in [9.17, 15) is 9.59 Å². The van der Waals surface area contributed by atoms with Crippen molar-refractivity contribution < 1.29 is 9.59 Å². The molecular formula is C20H26N2O2. The molecule has 2 amide bonds. The fraction of sp³-hybridized carbons (Fsp3) is 0.600. The van der Waals surface area contributed by atoms with Crippen molar-refractivity contribution in [2.45, 2.75) is 62.9 Å². The smallest absolute Gasteiger partial charge is 0.223 e. The van der Waals surface area contributed by atoms with Crippen LogP contribution in [-0.2, 0) is 9.59 Å². The maximum atomic E-state index is 12.5. The fourth-order valence-corrected chi connectivity index (χ4v) is 3.97. The largest absolute Gasteiger partial charge is 0.353 e. The molecule has 3 fully saturated rings. The third-order valence-corrected chi connectivity index (χ3v) is 5.67. The lowest BCUT2D eigenvalue weighted by Crippen LogP contribution is -2.43. The van der Waals surface area contributed by atoms with E-state index in [1.54, 1.807) is 0 Å². The van der Waals surface area contributed by atoms with Crippen LogP contribution in [-0.4, -0.2) is 23.9 Å². The van der Waals surface area contributed by atoms with E-state index in [1.807, 2.05) is 18.2 Å². The van der Waals surface area contributed by atoms with Crippen molar-refractivity contribution in [1.82, 2.24) is 10.6 Å². The predicted octanol–water partition coefficient (Wildman–Crippen LogP) is 2.74. The first-order valence-electron chi connectivity index (χ1n) is 9.36. The van der Waals surface area contributed by atoms with Crippen LogP contribution < -0.4 is 10.6 Å². The van der Waals surface area contributed by atoms with Crippen molar-refractivity contribution >= 4 is 11.8 Å². The zero-order chi connectivity index (χ0) is 16.5. The number of benzene rings is 1. The molecule has 0 bridgehead atoms. The molecule has 1 aromatic rings. The number of hydrogen-bond donors (Lipinski definition) is 2. The van der Waals surface area contributed by atoms with Gasteiger partial charge in [0.1, 0.15) is 0 Å². The molecule has 0 aliphatic heterocycles. The Hall–Kier alpha value is -1.84. The van der Waals surface area contributed by atoms with Gasteiger partial charge in [0, 0.05) is 23.9 Å². The highest BCUT2D eigenvalue weighted by Gasteiger charge is 2.44. The maximum absolute atomic E-state index is 12.5. The van der Waals surface area contributed by atoms with E-state index in [1.165, 1.54) is 5.56 Å². The third kappa shape index (κ3) is 3.63. The molecule has 24 heavy (non-hydrogen) atoms. The van der Waals surface area contributed by atoms with Gasteiger partial charge in [0.2, 0.25) is 11.8 Å². The summed E-state index contributed by atoms with van der Waals surface area (Å²) < 4.78 is 0. The van der Waals surface area contributed by atoms with Gasteiger partial charge in [-0.2, -0.15) is 0 Å². The third-order valence-electron chi connectivity index (χ3n) is 5.67. The summed E-state index contributed by atoms with van der Waals surface area (Å²) in [4.78, 5) is 24.7. The molecule has 1 aromatic carbocycles. The summed E-state index contributed by atoms with van der Waals surface area (Å²) in [6.45, 7) is 0. The molecule has 0 heterocycles. The fourth-order valence-electron chi connectivity index (χ4n) is 3.97. The Kier molecular flexibility index (Phi) is 4.30. The number of hydrogen-bond acceptors (Lipinski definition) is 2. The standard InChI is InChI=1S/C20H26N2O2/c23-19(21-15-9-10-15)14-7-4-8-16(11-14)22-20(24)18-12-17(18)13-5-2-1-3-6-13/h1-3,5-6,14-18H,4,7-12H2,(H,21,23)(H,22,24)/t14-,16+,17-,18-/m1/s1. The van der Waals surface area contributed by atoms with Crippen molar-refractivity contribution in [3.05, 3.63) is 35.9 Å². The van der Waals surface area contributed by atoms with Gasteiger partial charge in [-0.05, 0) is 50.0 Å². The van der Waals surface area contributed by atoms with Gasteiger partial charge in [-0.25, -0.2) is 0 Å². The molecule has 0 saturated heterocycles. The summed E-state index contributed by atoms with van der Waals surface area (Å²) in [5.41, 5.74) is 1.27. The van der Waals surface area contributed by atoms with E-state index >= 15 is 0 Å². The van der Waals surface area contributed by atoms with Gasteiger partial charge in [-0.1, -0.05) is 36.8 Å². The second-order valence-corrected chi connectivity index (χ2v) is 7.71. The van der Waals surface area contributed by atoms with Crippen molar-refractivity contribution in [3.8, 4) is 0 Å². The zero-order valence-corrected chi connectivity index (χ0v) is 14.0. The van der Waals surface area contributed by atoms with Crippen LogP contribution in [0.4, 0.5) is 0 Å². The van der Waals surface area contributed by atoms with Gasteiger partial charge in [-0.3, -0.25) is 9.59 Å². The van der Waals surface area contributed by atoms with Gasteiger partial charge in [-0.15, -0.1) is 0 Å². The summed E-state index contributed by atoms with van der Waals surface area (Å²) in [5, 5.41) is 6.32. The van der Waals surface area contributed by atoms with E-state index in [4.69, 9.17) is 0 Å². The lowest BCUT2D eigenvalue weighted by atomic mass is 9.85. The van der Waals surface area contributed by atoms with Gasteiger partial charge in [0.25, 0.3) is 0 Å². The Morgan fingerprint density at radius 2 is 1.58 bits per heavy atom. The molecule has 4 heteroatoms. The Bertz CT molecular complexity index is 611. The molecule has 2 N–H and O–H groups in total. The molecule has 4 rings (SSSR count). The number of carbonyl (C=O) groups excluding carboxylic acids is 2. The molecule has 3 aliphatic rings. The van der Waals surface area contributed by atoms with Gasteiger partial charge in [0.15, 0.2) is 0 Å². The highest BCUT2D eigenvalue weighted by Crippen LogP contribution is 2.47. The van der Waals surface area contributed by atoms with Crippen LogP contribution in [0.15, 0.2) is 30.3 Å². The lowest BCUT2D eigenvalue weighted by Gasteiger charge is -2.29. The average molecular weight is 326 g/mol. The summed E-state index contributed by atoms with van der Waals surface area (Å²) in [6, 6.07) is 10.9. The van der Waals surface area contributed by atoms with Crippen LogP contribution in [0.1, 0.15) is 56.4 Å². The first-order valence-corrected chi connectivity index (χ1v) is 9.36. The lowest BCUT2D eigenvalue weighted by molar-refractivity contribution is -0.128. The number of nitrogens with one attached hydrogen (secondary N) is 2. The number of carbonyl (C=O) groups is 2. The Morgan fingerprint density at radius 1 is 0.833 bits per heavy atom. The van der Waals surface area contributed by atoms with Crippen LogP contribution in [0.25, 0.3) is 0 Å². The quantitative estimate of drug-likeness (QED) is 0.874. The van der Waals surface area contributed by atoms with E-state index < -0.39 is 0 Å². The zero-order valence-electron chi connectivity index (χ0n) is 14.0. The average Bonchev–Trinajstić information content (AvgIpc) is 3.50. The highest BCUT2D eigenvalue weighted by atomic mass is 16.2. The molecule has 4 atom stereocenters. The summed E-state index contributed by atoms with van der Waals surface area (Å²) >= 11 is 0. The second kappa shape index (κ2) is 6.58. The number of amides is 2. The van der Waals surface area contributed by atoms with E-state index in [0.29, 0.717) is 12.0 Å². The molecule has 0 aromatic heterocycles. The Balaban J connectivity index is 1.27. The van der Waals surface area contributed by atoms with Gasteiger partial charge >= 0.3 is 0 Å². The van der Waals surface area contributed by atoms with E-state index in [2.05, 4.69) is 22.8 Å². The van der Waals surface area contributed by atoms with Gasteiger partial charge in [0.05, 0.1) is 0 Å². The van der Waals surface area contributed by atoms with Crippen LogP contribution in [0.5, 0.6) is 0 Å². The Morgan fingerprint density at radius 3 is 2.33 bits per heavy atom. The van der Waals surface area contributed by atoms with Crippen molar-refractivity contribution in [2.24, 2.45) is 11.8 Å².